The van der Waals surface area contributed by atoms with Crippen LogP contribution in [0.4, 0.5) is 0 Å². The lowest BCUT2D eigenvalue weighted by Crippen LogP contribution is -2.41. The van der Waals surface area contributed by atoms with E-state index < -0.39 is 0 Å². The van der Waals surface area contributed by atoms with Crippen molar-refractivity contribution in [2.24, 2.45) is 13.0 Å². The lowest BCUT2D eigenvalue weighted by molar-refractivity contribution is 0.0880. The summed E-state index contributed by atoms with van der Waals surface area (Å²) in [6, 6.07) is 2.62. The molecule has 3 heterocycles. The first-order chi connectivity index (χ1) is 10.6. The van der Waals surface area contributed by atoms with Gasteiger partial charge in [-0.3, -0.25) is 4.90 Å². The molecule has 2 atom stereocenters. The summed E-state index contributed by atoms with van der Waals surface area (Å²) in [4.78, 5) is 12.4. The molecule has 1 saturated heterocycles. The maximum atomic E-state index is 4.32. The molecule has 0 amide bonds. The van der Waals surface area contributed by atoms with Gasteiger partial charge in [-0.25, -0.2) is 4.98 Å². The van der Waals surface area contributed by atoms with Crippen LogP contribution in [0.2, 0.25) is 0 Å². The molecule has 0 aromatic carbocycles. The Labute approximate surface area is 132 Å². The number of aromatic nitrogens is 3. The maximum absolute atomic E-state index is 4.32. The normalized spacial score (nSPS) is 23.3. The van der Waals surface area contributed by atoms with E-state index in [1.807, 2.05) is 18.7 Å². The number of rotatable bonds is 5. The Bertz CT molecular complexity index is 574. The van der Waals surface area contributed by atoms with Crippen molar-refractivity contribution in [2.45, 2.75) is 25.4 Å². The predicted molar refractivity (Wildman–Crippen MR) is 88.4 cm³/mol. The molecule has 1 fully saturated rings. The van der Waals surface area contributed by atoms with Gasteiger partial charge in [0.2, 0.25) is 0 Å². The third kappa shape index (κ3) is 3.25. The van der Waals surface area contributed by atoms with Crippen molar-refractivity contribution < 1.29 is 0 Å². The molecule has 3 rings (SSSR count). The van der Waals surface area contributed by atoms with E-state index in [0.717, 1.165) is 13.1 Å². The third-order valence-electron chi connectivity index (χ3n) is 4.83. The zero-order valence-electron chi connectivity index (χ0n) is 13.9. The molecule has 5 nitrogen and oxygen atoms in total. The lowest BCUT2D eigenvalue weighted by atomic mass is 9.87. The highest BCUT2D eigenvalue weighted by atomic mass is 15.2. The highest BCUT2D eigenvalue weighted by molar-refractivity contribution is 5.10. The molecule has 0 spiro atoms. The minimum absolute atomic E-state index is 0.468. The van der Waals surface area contributed by atoms with Gasteiger partial charge in [0, 0.05) is 38.7 Å². The molecule has 0 unspecified atom stereocenters. The molecule has 1 N–H and O–H groups in total. The van der Waals surface area contributed by atoms with Crippen LogP contribution in [0.1, 0.15) is 30.1 Å². The quantitative estimate of drug-likeness (QED) is 0.921. The van der Waals surface area contributed by atoms with E-state index >= 15 is 0 Å². The summed E-state index contributed by atoms with van der Waals surface area (Å²) in [6.45, 7) is 3.29. The first-order valence-electron chi connectivity index (χ1n) is 8.12. The minimum Gasteiger partial charge on any atom is -0.367 e. The summed E-state index contributed by atoms with van der Waals surface area (Å²) in [5, 5.41) is 0. The van der Waals surface area contributed by atoms with Gasteiger partial charge in [-0.2, -0.15) is 0 Å². The van der Waals surface area contributed by atoms with Crippen LogP contribution in [0.25, 0.3) is 0 Å². The largest absolute Gasteiger partial charge is 0.367 e. The number of aromatic amines is 1. The van der Waals surface area contributed by atoms with E-state index in [0.29, 0.717) is 12.0 Å². The van der Waals surface area contributed by atoms with Crippen molar-refractivity contribution >= 4 is 0 Å². The van der Waals surface area contributed by atoms with Crippen LogP contribution < -0.4 is 0 Å². The van der Waals surface area contributed by atoms with E-state index in [4.69, 9.17) is 0 Å². The first-order valence-corrected chi connectivity index (χ1v) is 8.12. The SMILES string of the molecule is CN(Cc1cc[nH]c1)C[C@@H]1CCCN(C)[C@H]1c1cncn1C. The van der Waals surface area contributed by atoms with E-state index in [1.54, 1.807) is 0 Å². The number of hydrogen-bond acceptors (Lipinski definition) is 3. The van der Waals surface area contributed by atoms with E-state index in [9.17, 15) is 0 Å². The Morgan fingerprint density at radius 2 is 2.27 bits per heavy atom. The molecule has 0 saturated carbocycles. The number of H-pyrrole nitrogens is 1. The van der Waals surface area contributed by atoms with Gasteiger partial charge in [0.15, 0.2) is 0 Å². The fourth-order valence-electron chi connectivity index (χ4n) is 3.80. The molecule has 2 aromatic heterocycles. The van der Waals surface area contributed by atoms with E-state index in [1.165, 1.54) is 30.6 Å². The molecular weight excluding hydrogens is 274 g/mol. The second-order valence-corrected chi connectivity index (χ2v) is 6.67. The smallest absolute Gasteiger partial charge is 0.0946 e. The van der Waals surface area contributed by atoms with Crippen LogP contribution in [0.3, 0.4) is 0 Å². The van der Waals surface area contributed by atoms with Crippen molar-refractivity contribution in [2.75, 3.05) is 27.2 Å². The monoisotopic (exact) mass is 301 g/mol. The number of aryl methyl sites for hydroxylation is 1. The highest BCUT2D eigenvalue weighted by Crippen LogP contribution is 2.35. The van der Waals surface area contributed by atoms with Gasteiger partial charge in [0.25, 0.3) is 0 Å². The third-order valence-corrected chi connectivity index (χ3v) is 4.83. The molecule has 22 heavy (non-hydrogen) atoms. The van der Waals surface area contributed by atoms with Crippen molar-refractivity contribution in [1.29, 1.82) is 0 Å². The second-order valence-electron chi connectivity index (χ2n) is 6.67. The number of likely N-dealkylation sites (tertiary alicyclic amines) is 1. The van der Waals surface area contributed by atoms with Crippen molar-refractivity contribution in [3.63, 3.8) is 0 Å². The number of nitrogens with one attached hydrogen (secondary N) is 1. The van der Waals surface area contributed by atoms with Gasteiger partial charge in [0.1, 0.15) is 0 Å². The van der Waals surface area contributed by atoms with E-state index in [-0.39, 0.29) is 0 Å². The van der Waals surface area contributed by atoms with Crippen molar-refractivity contribution in [3.8, 4) is 0 Å². The summed E-state index contributed by atoms with van der Waals surface area (Å²) in [5.74, 6) is 0.651. The van der Waals surface area contributed by atoms with Gasteiger partial charge >= 0.3 is 0 Å². The molecule has 0 aliphatic carbocycles. The van der Waals surface area contributed by atoms with Crippen LogP contribution >= 0.6 is 0 Å². The standard InChI is InChI=1S/C17H27N5/c1-20(11-14-6-7-18-9-14)12-15-5-4-8-21(2)17(15)16-10-19-13-22(16)3/h6-7,9-10,13,15,17-18H,4-5,8,11-12H2,1-3H3/t15-,17+/m0/s1. The summed E-state index contributed by atoms with van der Waals surface area (Å²) in [7, 11) is 6.57. The first kappa shape index (κ1) is 15.3. The summed E-state index contributed by atoms with van der Waals surface area (Å²) in [6.07, 6.45) is 10.6. The molecular formula is C17H27N5. The molecule has 1 aliphatic rings. The number of imidazole rings is 1. The number of piperidine rings is 1. The van der Waals surface area contributed by atoms with Gasteiger partial charge in [-0.1, -0.05) is 0 Å². The van der Waals surface area contributed by atoms with Crippen LogP contribution in [0.15, 0.2) is 31.0 Å². The van der Waals surface area contributed by atoms with E-state index in [2.05, 4.69) is 57.7 Å². The zero-order chi connectivity index (χ0) is 15.5. The second kappa shape index (κ2) is 6.67. The van der Waals surface area contributed by atoms with Gasteiger partial charge in [-0.15, -0.1) is 0 Å². The molecule has 0 radical (unpaired) electrons. The molecule has 0 bridgehead atoms. The van der Waals surface area contributed by atoms with Crippen molar-refractivity contribution in [1.82, 2.24) is 24.3 Å². The highest BCUT2D eigenvalue weighted by Gasteiger charge is 2.32. The number of hydrogen-bond donors (Lipinski definition) is 1. The Morgan fingerprint density at radius 1 is 1.41 bits per heavy atom. The average Bonchev–Trinajstić information content (AvgIpc) is 3.11. The fourth-order valence-corrected chi connectivity index (χ4v) is 3.80. The van der Waals surface area contributed by atoms with Crippen LogP contribution in [-0.2, 0) is 13.6 Å². The van der Waals surface area contributed by atoms with Gasteiger partial charge < -0.3 is 14.5 Å². The Balaban J connectivity index is 1.71. The maximum Gasteiger partial charge on any atom is 0.0946 e. The molecule has 1 aliphatic heterocycles. The molecule has 120 valence electrons. The van der Waals surface area contributed by atoms with Gasteiger partial charge in [0.05, 0.1) is 18.1 Å². The Hall–Kier alpha value is -1.59. The average molecular weight is 301 g/mol. The zero-order valence-corrected chi connectivity index (χ0v) is 13.9. The Kier molecular flexibility index (Phi) is 4.64. The Morgan fingerprint density at radius 3 is 2.95 bits per heavy atom. The summed E-state index contributed by atoms with van der Waals surface area (Å²) < 4.78 is 2.17. The summed E-state index contributed by atoms with van der Waals surface area (Å²) in [5.41, 5.74) is 2.69. The van der Waals surface area contributed by atoms with Crippen LogP contribution in [0, 0.1) is 5.92 Å². The minimum atomic E-state index is 0.468. The molecule has 5 heteroatoms. The fraction of sp³-hybridized carbons (Fsp3) is 0.588. The van der Waals surface area contributed by atoms with Crippen LogP contribution in [0.5, 0.6) is 0 Å². The number of nitrogens with zero attached hydrogens (tertiary/aromatic N) is 4. The summed E-state index contributed by atoms with van der Waals surface area (Å²) >= 11 is 0. The van der Waals surface area contributed by atoms with Crippen LogP contribution in [-0.4, -0.2) is 51.5 Å². The topological polar surface area (TPSA) is 40.1 Å². The van der Waals surface area contributed by atoms with Crippen molar-refractivity contribution in [3.05, 3.63) is 42.2 Å². The van der Waals surface area contributed by atoms with Gasteiger partial charge in [-0.05, 0) is 51.0 Å². The predicted octanol–water partition coefficient (Wildman–Crippen LogP) is 2.26. The lowest BCUT2D eigenvalue weighted by Gasteiger charge is -2.40. The molecule has 2 aromatic rings.